The predicted octanol–water partition coefficient (Wildman–Crippen LogP) is 5.16. The van der Waals surface area contributed by atoms with E-state index in [2.05, 4.69) is 54.4 Å². The number of benzene rings is 6. The molecule has 454 valence electrons. The molecule has 0 radical (unpaired) electrons. The summed E-state index contributed by atoms with van der Waals surface area (Å²) in [5.74, 6) is -7.52. The van der Waals surface area contributed by atoms with Crippen LogP contribution in [0.2, 0.25) is 5.28 Å². The fourth-order valence-corrected chi connectivity index (χ4v) is 13.1. The van der Waals surface area contributed by atoms with Gasteiger partial charge in [-0.1, -0.05) is 11.6 Å². The second kappa shape index (κ2) is 24.3. The molecule has 0 saturated heterocycles. The Labute approximate surface area is 488 Å². The summed E-state index contributed by atoms with van der Waals surface area (Å²) in [6.45, 7) is 0. The molecule has 1 amide bonds. The molecular weight excluding hydrogens is 1350 g/mol. The van der Waals surface area contributed by atoms with Crippen LogP contribution in [0.4, 0.5) is 51.7 Å². The number of sulfone groups is 1. The predicted molar refractivity (Wildman–Crippen MR) is 291 cm³/mol. The first-order chi connectivity index (χ1) is 39.1. The van der Waals surface area contributed by atoms with Gasteiger partial charge in [-0.05, 0) is 95.8 Å². The van der Waals surface area contributed by atoms with Crippen molar-refractivity contribution in [3.8, 4) is 11.5 Å². The van der Waals surface area contributed by atoms with Crippen molar-refractivity contribution < 1.29 is 114 Å². The highest BCUT2D eigenvalue weighted by molar-refractivity contribution is 7.92. The van der Waals surface area contributed by atoms with E-state index < -0.39 is 214 Å². The Morgan fingerprint density at radius 2 is 1.18 bits per heavy atom. The van der Waals surface area contributed by atoms with Crippen molar-refractivity contribution in [1.82, 2.24) is 15.0 Å². The van der Waals surface area contributed by atoms with E-state index in [4.69, 9.17) is 27.8 Å². The summed E-state index contributed by atoms with van der Waals surface area (Å²) in [5.41, 5.74) is -5.25. The van der Waals surface area contributed by atoms with Crippen LogP contribution in [0.15, 0.2) is 129 Å². The summed E-state index contributed by atoms with van der Waals surface area (Å²) in [4.78, 5) is 17.6. The van der Waals surface area contributed by atoms with Gasteiger partial charge in [0, 0.05) is 21.8 Å². The average Bonchev–Trinajstić information content (AvgIpc) is 2.48. The summed E-state index contributed by atoms with van der Waals surface area (Å²) < 4.78 is 253. The lowest BCUT2D eigenvalue weighted by atomic mass is 10.1. The molecule has 0 aliphatic carbocycles. The van der Waals surface area contributed by atoms with Crippen molar-refractivity contribution in [2.45, 2.75) is 29.4 Å². The highest BCUT2D eigenvalue weighted by atomic mass is 35.5. The van der Waals surface area contributed by atoms with E-state index in [9.17, 15) is 101 Å². The Morgan fingerprint density at radius 1 is 0.588 bits per heavy atom. The van der Waals surface area contributed by atoms with Crippen LogP contribution in [-0.2, 0) is 95.1 Å². The minimum absolute atomic E-state index is 0.290. The Balaban J connectivity index is 1.28. The Morgan fingerprint density at radius 3 is 1.75 bits per heavy atom. The molecule has 6 aromatic carbocycles. The van der Waals surface area contributed by atoms with E-state index in [-0.39, 0.29) is 11.4 Å². The van der Waals surface area contributed by atoms with Gasteiger partial charge in [0.05, 0.1) is 26.9 Å². The number of halogens is 2. The molecule has 7 aromatic rings. The molecule has 0 bridgehead atoms. The molecule has 46 heteroatoms. The van der Waals surface area contributed by atoms with Crippen LogP contribution in [0.25, 0.3) is 21.5 Å². The number of phenols is 2. The van der Waals surface area contributed by atoms with E-state index in [1.165, 1.54) is 0 Å². The molecule has 1 heterocycles. The number of rotatable bonds is 22. The van der Waals surface area contributed by atoms with Crippen LogP contribution >= 0.6 is 23.2 Å². The van der Waals surface area contributed by atoms with Gasteiger partial charge >= 0.3 is 10.4 Å². The number of alkyl halides is 1. The monoisotopic (exact) mass is 1380 g/mol. The fourth-order valence-electron chi connectivity index (χ4n) is 7.17. The van der Waals surface area contributed by atoms with E-state index in [1.54, 1.807) is 0 Å². The summed E-state index contributed by atoms with van der Waals surface area (Å²) in [5, 5.41) is 41.1. The highest BCUT2D eigenvalue weighted by Crippen LogP contribution is 2.47. The van der Waals surface area contributed by atoms with Crippen LogP contribution in [0, 0.1) is 0 Å². The number of carbonyl (C=O) groups excluding carboxylic acids is 1. The number of azo groups is 2. The quantitative estimate of drug-likeness (QED) is 0.0237. The molecule has 0 fully saturated rings. The molecule has 0 aliphatic rings. The number of nitrogens with zero attached hydrogens (tertiary/aromatic N) is 7. The lowest BCUT2D eigenvalue weighted by Gasteiger charge is -2.15. The maximum atomic E-state index is 12.8. The fraction of sp³-hybridized carbons (Fsp3) is 0.0769. The highest BCUT2D eigenvalue weighted by Gasteiger charge is 2.30. The summed E-state index contributed by atoms with van der Waals surface area (Å²) in [6.07, 6.45) is 0. The van der Waals surface area contributed by atoms with Gasteiger partial charge in [-0.15, -0.1) is 15.3 Å². The van der Waals surface area contributed by atoms with Gasteiger partial charge in [0.25, 0.3) is 50.6 Å². The van der Waals surface area contributed by atoms with Crippen molar-refractivity contribution >= 4 is 184 Å². The molecule has 0 spiro atoms. The number of phenolic OH excluding ortho intramolecular Hbond substituents is 2. The number of hydrogen-bond acceptors (Lipinski definition) is 29. The summed E-state index contributed by atoms with van der Waals surface area (Å²) in [6, 6.07) is 9.10. The molecule has 1 atom stereocenters. The van der Waals surface area contributed by atoms with E-state index in [0.29, 0.717) is 30.3 Å². The van der Waals surface area contributed by atoms with Crippen LogP contribution < -0.4 is 16.0 Å². The maximum absolute atomic E-state index is 12.8. The van der Waals surface area contributed by atoms with Gasteiger partial charge in [0.2, 0.25) is 32.9 Å². The van der Waals surface area contributed by atoms with Gasteiger partial charge in [-0.3, -0.25) is 36.3 Å². The van der Waals surface area contributed by atoms with E-state index in [0.717, 1.165) is 48.5 Å². The lowest BCUT2D eigenvalue weighted by molar-refractivity contribution is -0.114. The minimum atomic E-state index is -5.65. The Kier molecular flexibility index (Phi) is 18.7. The number of aromatic hydroxyl groups is 2. The zero-order valence-corrected chi connectivity index (χ0v) is 48.7. The minimum Gasteiger partial charge on any atom is -0.505 e. The van der Waals surface area contributed by atoms with Gasteiger partial charge < -0.3 is 26.2 Å². The first-order valence-corrected chi connectivity index (χ1v) is 33.8. The standard InChI is InChI=1S/C39H30Cl2N10O26S8/c40-15-76-78(55)14-30(52)43-24-7-6-22-23(36(24)84(70,71)72)13-29(83(67,68)69)32(34(22)53)51-49-25-11-19(3-8-27(25)81(61,62)63)42-38-45-37(41)46-39(47-38)44-26-12-21(80(58,59)60)9-17-10-28(82(64,65)66)33(35(54)31(17)26)50-48-18-1-4-20(5-2-18)79(56,57)16-77-85(73,74)75/h1-13,53-54H,14-16H2,(H,43,52)(H,58,59,60)(H,61,62,63)(H,64,65,66)(H,67,68,69)(H,70,71,72)(H,73,74,75)(H2,42,44,45,46,47). The summed E-state index contributed by atoms with van der Waals surface area (Å²) in [7, 11) is -36.9. The first-order valence-electron chi connectivity index (χ1n) is 21.4. The molecule has 0 saturated carbocycles. The zero-order chi connectivity index (χ0) is 63.2. The van der Waals surface area contributed by atoms with Crippen LogP contribution in [0.3, 0.4) is 0 Å². The lowest BCUT2D eigenvalue weighted by Crippen LogP contribution is -2.21. The van der Waals surface area contributed by atoms with Crippen molar-refractivity contribution in [2.24, 2.45) is 20.5 Å². The average molecular weight is 1380 g/mol. The van der Waals surface area contributed by atoms with Crippen molar-refractivity contribution in [1.29, 1.82) is 0 Å². The Bertz CT molecular complexity index is 4890. The molecule has 7 rings (SSSR count). The van der Waals surface area contributed by atoms with Crippen LogP contribution in [0.5, 0.6) is 11.5 Å². The molecular formula is C39H30Cl2N10O26S8. The maximum Gasteiger partial charge on any atom is 0.398 e. The number of hydrogen-bond donors (Lipinski definition) is 11. The molecule has 85 heavy (non-hydrogen) atoms. The number of nitrogens with one attached hydrogen (secondary N) is 3. The third-order valence-corrected chi connectivity index (χ3v) is 18.2. The van der Waals surface area contributed by atoms with Crippen molar-refractivity contribution in [3.63, 3.8) is 0 Å². The summed E-state index contributed by atoms with van der Waals surface area (Å²) >= 11 is 9.16. The van der Waals surface area contributed by atoms with Crippen LogP contribution in [-0.4, -0.2) is 139 Å². The largest absolute Gasteiger partial charge is 0.505 e. The molecule has 1 unspecified atom stereocenters. The third-order valence-electron chi connectivity index (χ3n) is 10.5. The van der Waals surface area contributed by atoms with Crippen LogP contribution in [0.1, 0.15) is 0 Å². The first kappa shape index (κ1) is 65.3. The van der Waals surface area contributed by atoms with Gasteiger partial charge in [-0.2, -0.15) is 70.6 Å². The smallest absolute Gasteiger partial charge is 0.398 e. The molecule has 1 aromatic heterocycles. The number of aromatic nitrogens is 3. The molecule has 0 aliphatic heterocycles. The van der Waals surface area contributed by atoms with E-state index >= 15 is 0 Å². The number of carbonyl (C=O) groups is 1. The number of anilines is 5. The van der Waals surface area contributed by atoms with E-state index in [1.807, 2.05) is 5.32 Å². The number of amides is 1. The molecule has 36 nitrogen and oxygen atoms in total. The normalized spacial score (nSPS) is 13.4. The second-order valence-electron chi connectivity index (χ2n) is 16.2. The van der Waals surface area contributed by atoms with Gasteiger partial charge in [0.1, 0.15) is 48.5 Å². The van der Waals surface area contributed by atoms with Gasteiger partial charge in [0.15, 0.2) is 28.5 Å². The topological polar surface area (TPSA) is 578 Å². The second-order valence-corrected chi connectivity index (χ2v) is 27.9. The van der Waals surface area contributed by atoms with Crippen molar-refractivity contribution in [3.05, 3.63) is 84.1 Å². The Hall–Kier alpha value is -7.22. The zero-order valence-electron chi connectivity index (χ0n) is 40.7. The molecule has 11 N–H and O–H groups in total. The van der Waals surface area contributed by atoms with Crippen molar-refractivity contribution in [2.75, 3.05) is 33.7 Å². The SMILES string of the molecule is O=C(CS(=O)OCCl)Nc1ccc2c(O)c(N=Nc3cc(Nc4nc(Cl)nc(Nc5cc(S(=O)(=O)O)cc6cc(S(=O)(=O)O)c(N=Nc7ccc(S(=O)(=O)COS(=O)(=O)O)cc7)c(O)c56)n4)ccc3S(=O)(=O)O)c(S(=O)(=O)O)cc2c1S(=O)(=O)O. The number of fused-ring (bicyclic) bond motifs is 2. The van der Waals surface area contributed by atoms with Gasteiger partial charge in [-0.25, -0.2) is 16.8 Å². The third kappa shape index (κ3) is 15.8.